The largest absolute Gasteiger partial charge is 0.390 e. The number of allylic oxidation sites excluding steroid dienone is 5. The first-order chi connectivity index (χ1) is 12.2. The molecule has 0 radical (unpaired) electrons. The van der Waals surface area contributed by atoms with Crippen molar-refractivity contribution in [3.05, 3.63) is 35.5 Å². The molecule has 2 saturated carbocycles. The van der Waals surface area contributed by atoms with Gasteiger partial charge < -0.3 is 10.2 Å². The summed E-state index contributed by atoms with van der Waals surface area (Å²) in [5.74, 6) is -0.963. The number of aliphatic hydroxyl groups excluding tert-OH is 2. The van der Waals surface area contributed by atoms with Gasteiger partial charge in [-0.1, -0.05) is 24.6 Å². The third-order valence-electron chi connectivity index (χ3n) is 7.67. The summed E-state index contributed by atoms with van der Waals surface area (Å²) >= 11 is 0. The summed E-state index contributed by atoms with van der Waals surface area (Å²) in [6, 6.07) is 0. The maximum absolute atomic E-state index is 16.7. The van der Waals surface area contributed by atoms with Gasteiger partial charge in [0, 0.05) is 16.7 Å². The number of carbonyl (C=O) groups is 2. The molecule has 0 bridgehead atoms. The predicted octanol–water partition coefficient (Wildman–Crippen LogP) is 2.45. The van der Waals surface area contributed by atoms with Gasteiger partial charge >= 0.3 is 0 Å². The summed E-state index contributed by atoms with van der Waals surface area (Å²) in [7, 11) is 0. The van der Waals surface area contributed by atoms with Gasteiger partial charge in [-0.15, -0.1) is 0 Å². The minimum absolute atomic E-state index is 0.0918. The second-order valence-corrected chi connectivity index (χ2v) is 8.70. The SMILES string of the molecule is C[C@]12C=CC(=O)C=C1CC[C@H]1[C@@H]3CC=C(C(=O)CO)[C@@]3(C)C[C@@H](O)[C@@]12F. The molecule has 4 nitrogen and oxygen atoms in total. The molecule has 2 fully saturated rings. The third-order valence-corrected chi connectivity index (χ3v) is 7.67. The Balaban J connectivity index is 1.79. The third kappa shape index (κ3) is 1.96. The minimum Gasteiger partial charge on any atom is -0.390 e. The van der Waals surface area contributed by atoms with Crippen LogP contribution in [0.2, 0.25) is 0 Å². The van der Waals surface area contributed by atoms with Gasteiger partial charge in [-0.25, -0.2) is 4.39 Å². The fourth-order valence-corrected chi connectivity index (χ4v) is 6.30. The molecule has 2 N–H and O–H groups in total. The second kappa shape index (κ2) is 5.46. The lowest BCUT2D eigenvalue weighted by molar-refractivity contribution is -0.185. The second-order valence-electron chi connectivity index (χ2n) is 8.70. The smallest absolute Gasteiger partial charge is 0.184 e. The Morgan fingerprint density at radius 1 is 1.35 bits per heavy atom. The molecule has 140 valence electrons. The normalized spacial score (nSPS) is 46.8. The zero-order valence-electron chi connectivity index (χ0n) is 15.2. The molecule has 0 aliphatic heterocycles. The van der Waals surface area contributed by atoms with Crippen LogP contribution in [0.15, 0.2) is 35.5 Å². The van der Waals surface area contributed by atoms with E-state index < -0.39 is 35.1 Å². The summed E-state index contributed by atoms with van der Waals surface area (Å²) in [6.07, 6.45) is 7.03. The van der Waals surface area contributed by atoms with E-state index in [-0.39, 0.29) is 23.9 Å². The fraction of sp³-hybridized carbons (Fsp3) is 0.619. The molecule has 4 aliphatic rings. The van der Waals surface area contributed by atoms with Crippen molar-refractivity contribution in [1.82, 2.24) is 0 Å². The Morgan fingerprint density at radius 3 is 2.77 bits per heavy atom. The molecule has 0 aromatic rings. The number of hydrogen-bond donors (Lipinski definition) is 2. The van der Waals surface area contributed by atoms with Crippen LogP contribution in [0.4, 0.5) is 4.39 Å². The lowest BCUT2D eigenvalue weighted by Gasteiger charge is -2.61. The number of hydrogen-bond acceptors (Lipinski definition) is 4. The molecule has 0 aromatic carbocycles. The van der Waals surface area contributed by atoms with Gasteiger partial charge in [-0.05, 0) is 56.3 Å². The van der Waals surface area contributed by atoms with Gasteiger partial charge in [0.15, 0.2) is 17.2 Å². The summed E-state index contributed by atoms with van der Waals surface area (Å²) in [4.78, 5) is 24.0. The number of rotatable bonds is 2. The van der Waals surface area contributed by atoms with Crippen LogP contribution in [0.3, 0.4) is 0 Å². The molecule has 0 spiro atoms. The average Bonchev–Trinajstić information content (AvgIpc) is 2.93. The number of alkyl halides is 1. The Bertz CT molecular complexity index is 781. The maximum Gasteiger partial charge on any atom is 0.184 e. The van der Waals surface area contributed by atoms with E-state index in [1.165, 1.54) is 12.2 Å². The molecule has 4 rings (SSSR count). The van der Waals surface area contributed by atoms with Gasteiger partial charge in [0.1, 0.15) is 6.61 Å². The van der Waals surface area contributed by atoms with Crippen molar-refractivity contribution in [1.29, 1.82) is 0 Å². The zero-order valence-corrected chi connectivity index (χ0v) is 15.2. The molecule has 0 heterocycles. The van der Waals surface area contributed by atoms with Crippen LogP contribution in [0.1, 0.15) is 39.5 Å². The molecule has 26 heavy (non-hydrogen) atoms. The van der Waals surface area contributed by atoms with Crippen LogP contribution in [0, 0.1) is 22.7 Å². The van der Waals surface area contributed by atoms with Gasteiger partial charge in [0.2, 0.25) is 0 Å². The van der Waals surface area contributed by atoms with E-state index in [2.05, 4.69) is 0 Å². The molecule has 0 amide bonds. The Labute approximate surface area is 152 Å². The Kier molecular flexibility index (Phi) is 3.74. The van der Waals surface area contributed by atoms with Crippen molar-refractivity contribution in [2.24, 2.45) is 22.7 Å². The molecule has 0 unspecified atom stereocenters. The van der Waals surface area contributed by atoms with Gasteiger partial charge in [0.25, 0.3) is 0 Å². The van der Waals surface area contributed by atoms with Crippen molar-refractivity contribution < 1.29 is 24.2 Å². The van der Waals surface area contributed by atoms with Crippen LogP contribution in [0.25, 0.3) is 0 Å². The quantitative estimate of drug-likeness (QED) is 0.793. The molecule has 4 aliphatic carbocycles. The number of ketones is 2. The molecular weight excluding hydrogens is 335 g/mol. The lowest BCUT2D eigenvalue weighted by atomic mass is 9.45. The first kappa shape index (κ1) is 17.8. The van der Waals surface area contributed by atoms with Crippen molar-refractivity contribution in [2.45, 2.75) is 51.3 Å². The number of fused-ring (bicyclic) bond motifs is 5. The first-order valence-corrected chi connectivity index (χ1v) is 9.34. The lowest BCUT2D eigenvalue weighted by Crippen LogP contribution is -2.66. The summed E-state index contributed by atoms with van der Waals surface area (Å²) in [6.45, 7) is 3.13. The van der Waals surface area contributed by atoms with E-state index in [4.69, 9.17) is 0 Å². The number of carbonyl (C=O) groups excluding carboxylic acids is 2. The maximum atomic E-state index is 16.7. The molecule has 5 heteroatoms. The number of halogens is 1. The van der Waals surface area contributed by atoms with E-state index in [0.717, 1.165) is 5.57 Å². The zero-order chi connectivity index (χ0) is 18.9. The van der Waals surface area contributed by atoms with Crippen LogP contribution >= 0.6 is 0 Å². The van der Waals surface area contributed by atoms with Crippen molar-refractivity contribution in [3.63, 3.8) is 0 Å². The standard InChI is InChI=1S/C21H25FO4/c1-19-10-18(26)21(22)15(14(19)5-6-16(19)17(25)11-23)4-3-12-9-13(24)7-8-20(12,21)2/h6-9,14-15,18,23,26H,3-5,10-11H2,1-2H3/t14-,15-,18+,19-,20-,21-/m0/s1. The molecule has 0 saturated heterocycles. The Morgan fingerprint density at radius 2 is 2.08 bits per heavy atom. The highest BCUT2D eigenvalue weighted by Crippen LogP contribution is 2.67. The van der Waals surface area contributed by atoms with Crippen molar-refractivity contribution in [2.75, 3.05) is 6.61 Å². The molecular formula is C21H25FO4. The first-order valence-electron chi connectivity index (χ1n) is 9.34. The summed E-state index contributed by atoms with van der Waals surface area (Å²) in [5.41, 5.74) is -2.21. The monoisotopic (exact) mass is 360 g/mol. The van der Waals surface area contributed by atoms with Gasteiger partial charge in [-0.3, -0.25) is 9.59 Å². The summed E-state index contributed by atoms with van der Waals surface area (Å²) in [5, 5.41) is 20.3. The van der Waals surface area contributed by atoms with Crippen LogP contribution in [-0.2, 0) is 9.59 Å². The highest BCUT2D eigenvalue weighted by Gasteiger charge is 2.69. The molecule has 0 aromatic heterocycles. The van der Waals surface area contributed by atoms with Gasteiger partial charge in [-0.2, -0.15) is 0 Å². The summed E-state index contributed by atoms with van der Waals surface area (Å²) < 4.78 is 16.7. The van der Waals surface area contributed by atoms with E-state index in [1.54, 1.807) is 13.0 Å². The van der Waals surface area contributed by atoms with E-state index in [1.807, 2.05) is 13.0 Å². The minimum atomic E-state index is -1.87. The van der Waals surface area contributed by atoms with Crippen LogP contribution in [-0.4, -0.2) is 40.2 Å². The highest BCUT2D eigenvalue weighted by atomic mass is 19.1. The van der Waals surface area contributed by atoms with E-state index in [9.17, 15) is 19.8 Å². The average molecular weight is 360 g/mol. The fourth-order valence-electron chi connectivity index (χ4n) is 6.30. The van der Waals surface area contributed by atoms with Gasteiger partial charge in [0.05, 0.1) is 6.10 Å². The molecule has 6 atom stereocenters. The highest BCUT2D eigenvalue weighted by molar-refractivity contribution is 6.01. The Hall–Kier alpha value is -1.59. The van der Waals surface area contributed by atoms with Crippen molar-refractivity contribution in [3.8, 4) is 0 Å². The van der Waals surface area contributed by atoms with Crippen molar-refractivity contribution >= 4 is 11.6 Å². The number of Topliss-reactive ketones (excluding diaryl/α,β-unsaturated/α-hetero) is 1. The van der Waals surface area contributed by atoms with Crippen LogP contribution in [0.5, 0.6) is 0 Å². The number of aliphatic hydroxyl groups is 2. The predicted molar refractivity (Wildman–Crippen MR) is 93.9 cm³/mol. The van der Waals surface area contributed by atoms with E-state index >= 15 is 4.39 Å². The van der Waals surface area contributed by atoms with E-state index in [0.29, 0.717) is 24.8 Å². The topological polar surface area (TPSA) is 74.6 Å². The van der Waals surface area contributed by atoms with Crippen LogP contribution < -0.4 is 0 Å².